The van der Waals surface area contributed by atoms with Crippen molar-refractivity contribution in [3.8, 4) is 5.75 Å². The number of phenols is 1. The molecule has 2 amide bonds. The van der Waals surface area contributed by atoms with Crippen LogP contribution in [0.25, 0.3) is 0 Å². The normalized spacial score (nSPS) is 25.9. The molecule has 1 aliphatic carbocycles. The van der Waals surface area contributed by atoms with Crippen LogP contribution in [0.5, 0.6) is 5.75 Å². The van der Waals surface area contributed by atoms with Gasteiger partial charge in [-0.05, 0) is 82.5 Å². The Bertz CT molecular complexity index is 876. The van der Waals surface area contributed by atoms with Gasteiger partial charge in [0.25, 0.3) is 5.91 Å². The van der Waals surface area contributed by atoms with Crippen molar-refractivity contribution in [3.05, 3.63) is 29.3 Å². The molecule has 0 bridgehead atoms. The summed E-state index contributed by atoms with van der Waals surface area (Å²) in [6.07, 6.45) is 6.20. The Kier molecular flexibility index (Phi) is 8.33. The summed E-state index contributed by atoms with van der Waals surface area (Å²) in [7, 11) is 2.22. The van der Waals surface area contributed by atoms with E-state index in [1.54, 1.807) is 18.2 Å². The zero-order valence-corrected chi connectivity index (χ0v) is 22.2. The Morgan fingerprint density at radius 1 is 1.24 bits per heavy atom. The van der Waals surface area contributed by atoms with E-state index in [2.05, 4.69) is 42.9 Å². The predicted octanol–water partition coefficient (Wildman–Crippen LogP) is 4.70. The lowest BCUT2D eigenvalue weighted by Crippen LogP contribution is -2.51. The second-order valence-electron chi connectivity index (χ2n) is 11.7. The van der Waals surface area contributed by atoms with E-state index in [1.165, 1.54) is 0 Å². The van der Waals surface area contributed by atoms with Gasteiger partial charge in [-0.3, -0.25) is 9.59 Å². The number of hydrogen-bond acceptors (Lipinski definition) is 4. The standard InChI is InChI=1S/C28H45N3O3/c1-8-9-19-16-21(30(7)18(2)3)11-12-24(19)31-15-14-23(27(31)34)29-26(33)20-10-13-25(32)22(17-20)28(4,5)6/h10,13,17-19,21,23-24,32H,8-9,11-12,14-16H2,1-7H3,(H,29,33)/t19-,21-,23?,24+/m1/s1. The molecule has 1 saturated heterocycles. The van der Waals surface area contributed by atoms with Gasteiger partial charge in [-0.1, -0.05) is 34.1 Å². The summed E-state index contributed by atoms with van der Waals surface area (Å²) in [5.41, 5.74) is 0.928. The minimum atomic E-state index is -0.474. The van der Waals surface area contributed by atoms with E-state index >= 15 is 0 Å². The molecule has 0 radical (unpaired) electrons. The SMILES string of the molecule is CCC[C@@H]1C[C@H](N(C)C(C)C)CC[C@@H]1N1CCC(NC(=O)c2ccc(O)c(C(C)(C)C)c2)C1=O. The highest BCUT2D eigenvalue weighted by atomic mass is 16.3. The van der Waals surface area contributed by atoms with Crippen molar-refractivity contribution in [2.24, 2.45) is 5.92 Å². The number of carbonyl (C=O) groups is 2. The molecule has 1 unspecified atom stereocenters. The summed E-state index contributed by atoms with van der Waals surface area (Å²) in [5.74, 6) is 0.505. The van der Waals surface area contributed by atoms with E-state index in [0.717, 1.165) is 37.7 Å². The third kappa shape index (κ3) is 5.76. The lowest BCUT2D eigenvalue weighted by atomic mass is 9.77. The van der Waals surface area contributed by atoms with Gasteiger partial charge in [-0.2, -0.15) is 0 Å². The number of phenolic OH excluding ortho intramolecular Hbond substituents is 1. The Balaban J connectivity index is 1.68. The zero-order chi connectivity index (χ0) is 25.2. The van der Waals surface area contributed by atoms with Crippen LogP contribution in [0.3, 0.4) is 0 Å². The predicted molar refractivity (Wildman–Crippen MR) is 137 cm³/mol. The summed E-state index contributed by atoms with van der Waals surface area (Å²) in [5, 5.41) is 13.2. The van der Waals surface area contributed by atoms with Crippen molar-refractivity contribution < 1.29 is 14.7 Å². The minimum Gasteiger partial charge on any atom is -0.508 e. The van der Waals surface area contributed by atoms with Crippen LogP contribution in [0, 0.1) is 5.92 Å². The van der Waals surface area contributed by atoms with Crippen molar-refractivity contribution in [1.82, 2.24) is 15.1 Å². The maximum absolute atomic E-state index is 13.4. The molecule has 0 spiro atoms. The topological polar surface area (TPSA) is 72.9 Å². The Hall–Kier alpha value is -2.08. The van der Waals surface area contributed by atoms with Crippen LogP contribution in [0.4, 0.5) is 0 Å². The number of benzene rings is 1. The van der Waals surface area contributed by atoms with E-state index in [4.69, 9.17) is 0 Å². The van der Waals surface area contributed by atoms with Crippen molar-refractivity contribution in [2.75, 3.05) is 13.6 Å². The molecule has 4 atom stereocenters. The molecule has 2 fully saturated rings. The van der Waals surface area contributed by atoms with Gasteiger partial charge in [-0.25, -0.2) is 0 Å². The Morgan fingerprint density at radius 2 is 1.94 bits per heavy atom. The van der Waals surface area contributed by atoms with Gasteiger partial charge < -0.3 is 20.2 Å². The largest absolute Gasteiger partial charge is 0.508 e. The van der Waals surface area contributed by atoms with Crippen molar-refractivity contribution >= 4 is 11.8 Å². The van der Waals surface area contributed by atoms with E-state index in [1.807, 2.05) is 20.8 Å². The van der Waals surface area contributed by atoms with Gasteiger partial charge in [0.1, 0.15) is 11.8 Å². The first kappa shape index (κ1) is 26.5. The average molecular weight is 472 g/mol. The summed E-state index contributed by atoms with van der Waals surface area (Å²) in [6.45, 7) is 13.4. The molecule has 2 N–H and O–H groups in total. The molecule has 190 valence electrons. The number of rotatable bonds is 7. The smallest absolute Gasteiger partial charge is 0.251 e. The fourth-order valence-corrected chi connectivity index (χ4v) is 5.79. The minimum absolute atomic E-state index is 0.0601. The zero-order valence-electron chi connectivity index (χ0n) is 22.2. The lowest BCUT2D eigenvalue weighted by Gasteiger charge is -2.44. The van der Waals surface area contributed by atoms with E-state index in [-0.39, 0.29) is 29.0 Å². The fourth-order valence-electron chi connectivity index (χ4n) is 5.79. The first-order valence-corrected chi connectivity index (χ1v) is 13.1. The van der Waals surface area contributed by atoms with Crippen LogP contribution in [-0.2, 0) is 10.2 Å². The number of nitrogens with one attached hydrogen (secondary N) is 1. The number of aromatic hydroxyl groups is 1. The summed E-state index contributed by atoms with van der Waals surface area (Å²) in [4.78, 5) is 30.9. The third-order valence-electron chi connectivity index (χ3n) is 7.98. The molecule has 34 heavy (non-hydrogen) atoms. The molecule has 3 rings (SSSR count). The maximum Gasteiger partial charge on any atom is 0.251 e. The molecule has 1 aliphatic heterocycles. The molecule has 1 aromatic carbocycles. The average Bonchev–Trinajstić information content (AvgIpc) is 3.12. The molecular weight excluding hydrogens is 426 g/mol. The fraction of sp³-hybridized carbons (Fsp3) is 0.714. The summed E-state index contributed by atoms with van der Waals surface area (Å²) in [6, 6.07) is 5.83. The van der Waals surface area contributed by atoms with E-state index in [0.29, 0.717) is 36.5 Å². The molecule has 0 aromatic heterocycles. The van der Waals surface area contributed by atoms with Gasteiger partial charge in [0.05, 0.1) is 0 Å². The quantitative estimate of drug-likeness (QED) is 0.605. The van der Waals surface area contributed by atoms with Crippen LogP contribution in [0.1, 0.15) is 96.0 Å². The second kappa shape index (κ2) is 10.7. The maximum atomic E-state index is 13.4. The first-order chi connectivity index (χ1) is 15.9. The van der Waals surface area contributed by atoms with Gasteiger partial charge in [0.15, 0.2) is 0 Å². The van der Waals surface area contributed by atoms with Gasteiger partial charge in [-0.15, -0.1) is 0 Å². The summed E-state index contributed by atoms with van der Waals surface area (Å²) < 4.78 is 0. The summed E-state index contributed by atoms with van der Waals surface area (Å²) >= 11 is 0. The van der Waals surface area contributed by atoms with E-state index < -0.39 is 6.04 Å². The third-order valence-corrected chi connectivity index (χ3v) is 7.98. The van der Waals surface area contributed by atoms with Gasteiger partial charge in [0, 0.05) is 35.8 Å². The highest BCUT2D eigenvalue weighted by molar-refractivity contribution is 5.98. The molecule has 1 aromatic rings. The van der Waals surface area contributed by atoms with Crippen LogP contribution in [-0.4, -0.2) is 64.5 Å². The van der Waals surface area contributed by atoms with Crippen LogP contribution < -0.4 is 5.32 Å². The molecule has 2 aliphatic rings. The van der Waals surface area contributed by atoms with Gasteiger partial charge >= 0.3 is 0 Å². The molecular formula is C28H45N3O3. The van der Waals surface area contributed by atoms with Crippen molar-refractivity contribution in [2.45, 2.75) is 110 Å². The van der Waals surface area contributed by atoms with Crippen LogP contribution >= 0.6 is 0 Å². The van der Waals surface area contributed by atoms with Crippen molar-refractivity contribution in [3.63, 3.8) is 0 Å². The van der Waals surface area contributed by atoms with Crippen LogP contribution in [0.15, 0.2) is 18.2 Å². The second-order valence-corrected chi connectivity index (χ2v) is 11.7. The molecule has 1 heterocycles. The highest BCUT2D eigenvalue weighted by Gasteiger charge is 2.42. The first-order valence-electron chi connectivity index (χ1n) is 13.1. The highest BCUT2D eigenvalue weighted by Crippen LogP contribution is 2.36. The number of likely N-dealkylation sites (tertiary alicyclic amines) is 1. The van der Waals surface area contributed by atoms with Crippen LogP contribution in [0.2, 0.25) is 0 Å². The van der Waals surface area contributed by atoms with E-state index in [9.17, 15) is 14.7 Å². The molecule has 6 heteroatoms. The number of amides is 2. The van der Waals surface area contributed by atoms with Gasteiger partial charge in [0.2, 0.25) is 5.91 Å². The number of nitrogens with zero attached hydrogens (tertiary/aromatic N) is 2. The lowest BCUT2D eigenvalue weighted by molar-refractivity contribution is -0.133. The molecule has 1 saturated carbocycles. The molecule has 6 nitrogen and oxygen atoms in total. The Morgan fingerprint density at radius 3 is 2.56 bits per heavy atom. The monoisotopic (exact) mass is 471 g/mol. The Labute approximate surface area is 206 Å². The number of carbonyl (C=O) groups excluding carboxylic acids is 2. The number of hydrogen-bond donors (Lipinski definition) is 2. The van der Waals surface area contributed by atoms with Crippen molar-refractivity contribution in [1.29, 1.82) is 0 Å².